The summed E-state index contributed by atoms with van der Waals surface area (Å²) in [7, 11) is 0. The summed E-state index contributed by atoms with van der Waals surface area (Å²) in [5.74, 6) is 0. The SMILES string of the molecule is CCCCCCCCCCCC[N-]O.[K+]. The Morgan fingerprint density at radius 3 is 1.53 bits per heavy atom. The van der Waals surface area contributed by atoms with Crippen molar-refractivity contribution in [3.63, 3.8) is 0 Å². The van der Waals surface area contributed by atoms with E-state index in [1.54, 1.807) is 0 Å². The van der Waals surface area contributed by atoms with Gasteiger partial charge in [0.15, 0.2) is 0 Å². The van der Waals surface area contributed by atoms with Crippen LogP contribution in [0, 0.1) is 0 Å². The third-order valence-electron chi connectivity index (χ3n) is 2.61. The molecular formula is C12H26KNO. The van der Waals surface area contributed by atoms with Gasteiger partial charge < -0.3 is 10.7 Å². The minimum absolute atomic E-state index is 0. The molecule has 0 aromatic heterocycles. The van der Waals surface area contributed by atoms with Crippen molar-refractivity contribution in [3.05, 3.63) is 5.48 Å². The first-order valence-electron chi connectivity index (χ1n) is 6.22. The van der Waals surface area contributed by atoms with E-state index < -0.39 is 0 Å². The molecule has 0 aromatic carbocycles. The molecule has 0 radical (unpaired) electrons. The topological polar surface area (TPSA) is 34.3 Å². The average Bonchev–Trinajstić information content (AvgIpc) is 2.21. The molecule has 0 aromatic rings. The maximum absolute atomic E-state index is 8.21. The van der Waals surface area contributed by atoms with Crippen molar-refractivity contribution in [2.45, 2.75) is 71.1 Å². The Balaban J connectivity index is 0. The monoisotopic (exact) mass is 239 g/mol. The molecule has 0 saturated carbocycles. The van der Waals surface area contributed by atoms with Crippen molar-refractivity contribution >= 4 is 0 Å². The first-order chi connectivity index (χ1) is 6.91. The van der Waals surface area contributed by atoms with Crippen LogP contribution in [0.2, 0.25) is 0 Å². The van der Waals surface area contributed by atoms with Crippen molar-refractivity contribution in [2.75, 3.05) is 6.54 Å². The normalized spacial score (nSPS) is 10.0. The minimum atomic E-state index is 0. The molecule has 0 aliphatic rings. The Hall–Kier alpha value is 1.56. The summed E-state index contributed by atoms with van der Waals surface area (Å²) in [6.45, 7) is 2.88. The van der Waals surface area contributed by atoms with Crippen molar-refractivity contribution < 1.29 is 56.6 Å². The largest absolute Gasteiger partial charge is 1.00 e. The minimum Gasteiger partial charge on any atom is -0.538 e. The number of hydrogen-bond donors (Lipinski definition) is 1. The van der Waals surface area contributed by atoms with E-state index in [2.05, 4.69) is 12.4 Å². The smallest absolute Gasteiger partial charge is 0.538 e. The van der Waals surface area contributed by atoms with Gasteiger partial charge in [0.25, 0.3) is 0 Å². The molecule has 0 spiro atoms. The Labute approximate surface area is 138 Å². The van der Waals surface area contributed by atoms with Crippen molar-refractivity contribution in [3.8, 4) is 0 Å². The van der Waals surface area contributed by atoms with E-state index in [4.69, 9.17) is 5.21 Å². The molecule has 0 atom stereocenters. The number of hydroxylamine groups is 1. The van der Waals surface area contributed by atoms with Crippen molar-refractivity contribution in [1.29, 1.82) is 0 Å². The van der Waals surface area contributed by atoms with E-state index in [0.717, 1.165) is 6.42 Å². The van der Waals surface area contributed by atoms with Crippen LogP contribution in [0.25, 0.3) is 5.48 Å². The van der Waals surface area contributed by atoms with Crippen LogP contribution < -0.4 is 51.4 Å². The number of unbranched alkanes of at least 4 members (excludes halogenated alkanes) is 9. The van der Waals surface area contributed by atoms with E-state index in [1.807, 2.05) is 0 Å². The fourth-order valence-electron chi connectivity index (χ4n) is 1.67. The molecule has 0 fully saturated rings. The maximum Gasteiger partial charge on any atom is 1.00 e. The summed E-state index contributed by atoms with van der Waals surface area (Å²) >= 11 is 0. The van der Waals surface area contributed by atoms with E-state index in [-0.39, 0.29) is 51.4 Å². The van der Waals surface area contributed by atoms with Crippen LogP contribution >= 0.6 is 0 Å². The third kappa shape index (κ3) is 18.1. The predicted molar refractivity (Wildman–Crippen MR) is 61.9 cm³/mol. The van der Waals surface area contributed by atoms with Gasteiger partial charge in [-0.25, -0.2) is 0 Å². The van der Waals surface area contributed by atoms with Crippen LogP contribution in [0.5, 0.6) is 0 Å². The van der Waals surface area contributed by atoms with Gasteiger partial charge in [-0.05, 0) is 0 Å². The standard InChI is InChI=1S/C12H26NO.K/c1-2-3-4-5-6-7-8-9-10-11-12-13-14;/h14H,2-12H2,1H3;/q-1;+1. The van der Waals surface area contributed by atoms with Crippen LogP contribution in [-0.4, -0.2) is 11.8 Å². The van der Waals surface area contributed by atoms with Gasteiger partial charge >= 0.3 is 51.4 Å². The molecule has 0 aliphatic heterocycles. The second-order valence-corrected chi connectivity index (χ2v) is 4.05. The molecule has 0 amide bonds. The Bertz CT molecular complexity index is 89.6. The van der Waals surface area contributed by atoms with E-state index >= 15 is 0 Å². The molecule has 0 unspecified atom stereocenters. The molecule has 0 heterocycles. The molecule has 2 nitrogen and oxygen atoms in total. The zero-order valence-electron chi connectivity index (χ0n) is 10.7. The van der Waals surface area contributed by atoms with Crippen LogP contribution in [0.4, 0.5) is 0 Å². The first kappa shape index (κ1) is 18.9. The second-order valence-electron chi connectivity index (χ2n) is 4.05. The van der Waals surface area contributed by atoms with Gasteiger partial charge in [-0.1, -0.05) is 71.1 Å². The predicted octanol–water partition coefficient (Wildman–Crippen LogP) is 1.67. The molecule has 86 valence electrons. The Kier molecular flexibility index (Phi) is 22.6. The number of hydrogen-bond acceptors (Lipinski definition) is 1. The van der Waals surface area contributed by atoms with Crippen LogP contribution in [0.1, 0.15) is 71.1 Å². The second kappa shape index (κ2) is 17.9. The first-order valence-corrected chi connectivity index (χ1v) is 6.22. The third-order valence-corrected chi connectivity index (χ3v) is 2.61. The van der Waals surface area contributed by atoms with Crippen LogP contribution in [-0.2, 0) is 0 Å². The van der Waals surface area contributed by atoms with Gasteiger partial charge in [0.1, 0.15) is 0 Å². The van der Waals surface area contributed by atoms with Crippen molar-refractivity contribution in [1.82, 2.24) is 0 Å². The molecule has 3 heteroatoms. The van der Waals surface area contributed by atoms with Gasteiger partial charge in [-0.3, -0.25) is 0 Å². The molecule has 0 bridgehead atoms. The molecule has 0 rings (SSSR count). The van der Waals surface area contributed by atoms with Crippen LogP contribution in [0.15, 0.2) is 0 Å². The molecular weight excluding hydrogens is 213 g/mol. The van der Waals surface area contributed by atoms with Gasteiger partial charge in [0.2, 0.25) is 0 Å². The summed E-state index contributed by atoms with van der Waals surface area (Å²) in [4.78, 5) is 0. The summed E-state index contributed by atoms with van der Waals surface area (Å²) in [5.41, 5.74) is 3.10. The Morgan fingerprint density at radius 2 is 1.13 bits per heavy atom. The summed E-state index contributed by atoms with van der Waals surface area (Å²) in [5, 5.41) is 8.21. The zero-order valence-corrected chi connectivity index (χ0v) is 13.8. The quantitative estimate of drug-likeness (QED) is 0.332. The van der Waals surface area contributed by atoms with E-state index in [9.17, 15) is 0 Å². The molecule has 0 saturated heterocycles. The van der Waals surface area contributed by atoms with Gasteiger partial charge in [0.05, 0.1) is 0 Å². The Morgan fingerprint density at radius 1 is 0.733 bits per heavy atom. The fourth-order valence-corrected chi connectivity index (χ4v) is 1.67. The number of nitrogens with zero attached hydrogens (tertiary/aromatic N) is 1. The van der Waals surface area contributed by atoms with E-state index in [1.165, 1.54) is 57.8 Å². The zero-order chi connectivity index (χ0) is 10.5. The fraction of sp³-hybridized carbons (Fsp3) is 1.00. The van der Waals surface area contributed by atoms with Crippen molar-refractivity contribution in [2.24, 2.45) is 0 Å². The molecule has 0 aliphatic carbocycles. The molecule has 1 N–H and O–H groups in total. The number of rotatable bonds is 11. The summed E-state index contributed by atoms with van der Waals surface area (Å²) in [6, 6.07) is 0. The van der Waals surface area contributed by atoms with Crippen LogP contribution in [0.3, 0.4) is 0 Å². The van der Waals surface area contributed by atoms with Gasteiger partial charge in [-0.15, -0.1) is 6.54 Å². The summed E-state index contributed by atoms with van der Waals surface area (Å²) in [6.07, 6.45) is 13.3. The average molecular weight is 239 g/mol. The maximum atomic E-state index is 8.21. The molecule has 15 heavy (non-hydrogen) atoms. The van der Waals surface area contributed by atoms with Gasteiger partial charge in [-0.2, -0.15) is 0 Å². The van der Waals surface area contributed by atoms with Gasteiger partial charge in [0, 0.05) is 0 Å². The summed E-state index contributed by atoms with van der Waals surface area (Å²) < 4.78 is 0. The van der Waals surface area contributed by atoms with E-state index in [0.29, 0.717) is 6.54 Å².